The third-order valence-electron chi connectivity index (χ3n) is 9.73. The molecular formula is C47H48BrF2KN8O2. The number of hydrogen-bond acceptors (Lipinski definition) is 8. The van der Waals surface area contributed by atoms with Crippen LogP contribution in [0.5, 0.6) is 0 Å². The second-order valence-electron chi connectivity index (χ2n) is 13.7. The smallest absolute Gasteiger partial charge is 1.00 e. The van der Waals surface area contributed by atoms with Crippen molar-refractivity contribution in [3.8, 4) is 0 Å². The number of carbonyl (C=O) groups excluding carboxylic acids is 2. The maximum absolute atomic E-state index is 13.7. The van der Waals surface area contributed by atoms with Gasteiger partial charge in [0.15, 0.2) is 11.6 Å². The van der Waals surface area contributed by atoms with Crippen molar-refractivity contribution in [2.45, 2.75) is 34.1 Å². The minimum atomic E-state index is -0.640. The summed E-state index contributed by atoms with van der Waals surface area (Å²) in [4.78, 5) is 42.3. The summed E-state index contributed by atoms with van der Waals surface area (Å²) in [5, 5.41) is 8.80. The molecule has 0 aliphatic carbocycles. The SMILES string of the molecule is Brc1ccccn1.C.CC1=C(c2ccc(NC(=O)c3ccncc3F)cc2)CN(c2ccccn2)CC1.CC1=C(c2ccc(NC(=O)c3ccncc3F)cc2)CNCC1.[H-].[K+]. The molecule has 0 bridgehead atoms. The number of hydrogen-bond donors (Lipinski definition) is 3. The van der Waals surface area contributed by atoms with Crippen LogP contribution in [-0.2, 0) is 0 Å². The summed E-state index contributed by atoms with van der Waals surface area (Å²) >= 11 is 3.20. The molecule has 61 heavy (non-hydrogen) atoms. The van der Waals surface area contributed by atoms with Crippen molar-refractivity contribution in [2.75, 3.05) is 41.7 Å². The van der Waals surface area contributed by atoms with Gasteiger partial charge in [0.05, 0.1) is 23.5 Å². The van der Waals surface area contributed by atoms with E-state index in [0.717, 1.165) is 73.0 Å². The topological polar surface area (TPSA) is 125 Å². The molecule has 14 heteroatoms. The summed E-state index contributed by atoms with van der Waals surface area (Å²) < 4.78 is 28.2. The quantitative estimate of drug-likeness (QED) is 0.112. The van der Waals surface area contributed by atoms with Gasteiger partial charge in [-0.25, -0.2) is 18.7 Å². The van der Waals surface area contributed by atoms with E-state index in [1.54, 1.807) is 6.20 Å². The maximum Gasteiger partial charge on any atom is 1.00 e. The van der Waals surface area contributed by atoms with Crippen LogP contribution in [0.3, 0.4) is 0 Å². The Hall–Kier alpha value is -4.80. The molecule has 0 fully saturated rings. The van der Waals surface area contributed by atoms with Crippen LogP contribution in [0.1, 0.15) is 67.4 Å². The van der Waals surface area contributed by atoms with Gasteiger partial charge in [0, 0.05) is 55.8 Å². The molecule has 310 valence electrons. The van der Waals surface area contributed by atoms with Crippen LogP contribution in [-0.4, -0.2) is 57.9 Å². The van der Waals surface area contributed by atoms with E-state index in [1.165, 1.54) is 46.8 Å². The number of pyridine rings is 4. The third-order valence-corrected chi connectivity index (χ3v) is 10.2. The van der Waals surface area contributed by atoms with Gasteiger partial charge in [0.2, 0.25) is 0 Å². The summed E-state index contributed by atoms with van der Waals surface area (Å²) in [6.07, 6.45) is 10.4. The van der Waals surface area contributed by atoms with Gasteiger partial charge in [-0.3, -0.25) is 19.6 Å². The number of halogens is 3. The van der Waals surface area contributed by atoms with E-state index < -0.39 is 23.4 Å². The molecular weight excluding hydrogens is 866 g/mol. The standard InChI is InChI=1S/C23H21FN4O.C18H18FN3O.C5H4BrN.CH4.K.H/c1-16-10-13-28(22-4-2-3-11-26-22)15-20(16)17-5-7-18(8-6-17)27-23(29)19-9-12-25-14-21(19)24;1-12-6-8-20-10-16(12)13-2-4-14(5-3-13)22-18(23)15-7-9-21-11-17(15)19;6-5-3-1-2-4-7-5;;;/h2-9,11-12,14H,10,13,15H2,1H3,(H,27,29);2-5,7,9,11,20H,6,8,10H2,1H3,(H,22,23);1-4H;1H4;;/q;;;;+1;-1. The fraction of sp³-hybridized carbons (Fsp3) is 0.191. The molecule has 2 aliphatic heterocycles. The van der Waals surface area contributed by atoms with Crippen LogP contribution >= 0.6 is 15.9 Å². The zero-order valence-electron chi connectivity index (χ0n) is 34.6. The van der Waals surface area contributed by atoms with E-state index in [1.807, 2.05) is 91.1 Å². The predicted octanol–water partition coefficient (Wildman–Crippen LogP) is 7.39. The van der Waals surface area contributed by atoms with Gasteiger partial charge in [0.25, 0.3) is 11.8 Å². The zero-order valence-corrected chi connectivity index (χ0v) is 38.3. The second-order valence-corrected chi connectivity index (χ2v) is 14.5. The minimum absolute atomic E-state index is 0. The van der Waals surface area contributed by atoms with Crippen molar-refractivity contribution in [3.63, 3.8) is 0 Å². The van der Waals surface area contributed by atoms with Gasteiger partial charge in [-0.2, -0.15) is 0 Å². The van der Waals surface area contributed by atoms with Gasteiger partial charge in [-0.15, -0.1) is 0 Å². The van der Waals surface area contributed by atoms with Crippen LogP contribution in [0.15, 0.2) is 150 Å². The van der Waals surface area contributed by atoms with E-state index in [9.17, 15) is 18.4 Å². The molecule has 10 nitrogen and oxygen atoms in total. The average molecular weight is 914 g/mol. The van der Waals surface area contributed by atoms with Gasteiger partial charge < -0.3 is 22.3 Å². The zero-order chi connectivity index (χ0) is 41.6. The number of anilines is 3. The first-order chi connectivity index (χ1) is 28.7. The molecule has 4 aromatic heterocycles. The number of rotatable bonds is 7. The fourth-order valence-corrected chi connectivity index (χ4v) is 6.71. The summed E-state index contributed by atoms with van der Waals surface area (Å²) in [7, 11) is 0. The van der Waals surface area contributed by atoms with Gasteiger partial charge >= 0.3 is 51.4 Å². The molecule has 0 saturated carbocycles. The normalized spacial score (nSPS) is 13.2. The number of nitrogens with zero attached hydrogens (tertiary/aromatic N) is 5. The van der Waals surface area contributed by atoms with Crippen LogP contribution < -0.4 is 72.2 Å². The van der Waals surface area contributed by atoms with Crippen molar-refractivity contribution in [3.05, 3.63) is 184 Å². The molecule has 2 aliphatic rings. The molecule has 0 unspecified atom stereocenters. The average Bonchev–Trinajstić information content (AvgIpc) is 3.26. The number of aromatic nitrogens is 4. The molecule has 6 heterocycles. The molecule has 0 radical (unpaired) electrons. The maximum atomic E-state index is 13.7. The van der Waals surface area contributed by atoms with Crippen molar-refractivity contribution >= 4 is 56.1 Å². The van der Waals surface area contributed by atoms with Gasteiger partial charge in [-0.1, -0.05) is 55.0 Å². The van der Waals surface area contributed by atoms with Crippen LogP contribution in [0, 0.1) is 11.6 Å². The van der Waals surface area contributed by atoms with E-state index in [4.69, 9.17) is 0 Å². The molecule has 2 aromatic carbocycles. The van der Waals surface area contributed by atoms with E-state index in [0.29, 0.717) is 11.4 Å². The first kappa shape index (κ1) is 48.9. The van der Waals surface area contributed by atoms with Crippen molar-refractivity contribution < 1.29 is 71.2 Å². The van der Waals surface area contributed by atoms with E-state index in [2.05, 4.69) is 70.6 Å². The molecule has 0 saturated heterocycles. The molecule has 6 aromatic rings. The summed E-state index contributed by atoms with van der Waals surface area (Å²) in [6, 6.07) is 29.6. The largest absolute Gasteiger partial charge is 1.00 e. The fourth-order valence-electron chi connectivity index (χ4n) is 6.44. The summed E-state index contributed by atoms with van der Waals surface area (Å²) in [5.74, 6) is -1.27. The van der Waals surface area contributed by atoms with Gasteiger partial charge in [-0.05, 0) is 132 Å². The molecule has 3 N–H and O–H groups in total. The Kier molecular flexibility index (Phi) is 19.7. The third kappa shape index (κ3) is 14.1. The van der Waals surface area contributed by atoms with Crippen LogP contribution in [0.25, 0.3) is 11.1 Å². The molecule has 0 atom stereocenters. The van der Waals surface area contributed by atoms with Crippen molar-refractivity contribution in [1.29, 1.82) is 0 Å². The Morgan fingerprint density at radius 1 is 0.689 bits per heavy atom. The Balaban J connectivity index is 0.000000278. The minimum Gasteiger partial charge on any atom is -1.00 e. The predicted molar refractivity (Wildman–Crippen MR) is 241 cm³/mol. The Morgan fingerprint density at radius 3 is 1.67 bits per heavy atom. The second kappa shape index (κ2) is 24.6. The first-order valence-corrected chi connectivity index (χ1v) is 19.8. The Labute approximate surface area is 408 Å². The van der Waals surface area contributed by atoms with Crippen molar-refractivity contribution in [1.82, 2.24) is 25.3 Å². The first-order valence-electron chi connectivity index (χ1n) is 19.0. The molecule has 0 spiro atoms. The van der Waals surface area contributed by atoms with Crippen LogP contribution in [0.2, 0.25) is 0 Å². The molecule has 8 rings (SSSR count). The summed E-state index contributed by atoms with van der Waals surface area (Å²) in [5.41, 5.74) is 8.77. The van der Waals surface area contributed by atoms with Crippen molar-refractivity contribution in [2.24, 2.45) is 0 Å². The monoisotopic (exact) mass is 912 g/mol. The van der Waals surface area contributed by atoms with Crippen LogP contribution in [0.4, 0.5) is 26.0 Å². The van der Waals surface area contributed by atoms with Gasteiger partial charge in [0.1, 0.15) is 10.4 Å². The molecule has 2 amide bonds. The number of nitrogens with one attached hydrogen (secondary N) is 3. The van der Waals surface area contributed by atoms with E-state index >= 15 is 0 Å². The van der Waals surface area contributed by atoms with E-state index in [-0.39, 0.29) is 71.4 Å². The number of carbonyl (C=O) groups is 2. The number of benzene rings is 2. The Morgan fingerprint density at radius 2 is 1.21 bits per heavy atom. The Bertz CT molecular complexity index is 2430. The number of amides is 2. The summed E-state index contributed by atoms with van der Waals surface area (Å²) in [6.45, 7) is 7.92.